The largest absolute Gasteiger partial charge is 0.369 e. The fraction of sp³-hybridized carbons (Fsp3) is 0.233. The van der Waals surface area contributed by atoms with Crippen LogP contribution in [0, 0.1) is 11.3 Å². The van der Waals surface area contributed by atoms with E-state index < -0.39 is 0 Å². The van der Waals surface area contributed by atoms with E-state index in [1.165, 1.54) is 11.3 Å². The van der Waals surface area contributed by atoms with Crippen LogP contribution in [0.1, 0.15) is 17.5 Å². The van der Waals surface area contributed by atoms with E-state index in [1.807, 2.05) is 42.5 Å². The fourth-order valence-corrected chi connectivity index (χ4v) is 5.28. The number of piperazine rings is 1. The minimum Gasteiger partial charge on any atom is -0.369 e. The Kier molecular flexibility index (Phi) is 6.17. The number of nitrogens with zero attached hydrogens (tertiary/aromatic N) is 5. The van der Waals surface area contributed by atoms with Gasteiger partial charge in [0.2, 0.25) is 0 Å². The first-order chi connectivity index (χ1) is 18.2. The second-order valence-electron chi connectivity index (χ2n) is 9.56. The highest BCUT2D eigenvalue weighted by molar-refractivity contribution is 5.84. The third kappa shape index (κ3) is 4.59. The number of hydrogen-bond acceptors (Lipinski definition) is 5. The van der Waals surface area contributed by atoms with Crippen molar-refractivity contribution in [2.24, 2.45) is 0 Å². The number of aromatic nitrogens is 3. The summed E-state index contributed by atoms with van der Waals surface area (Å²) in [5, 5.41) is 11.0. The number of pyridine rings is 2. The minimum absolute atomic E-state index is 0.0508. The molecular weight excluding hydrogens is 460 g/mol. The van der Waals surface area contributed by atoms with Crippen molar-refractivity contribution in [1.82, 2.24) is 19.4 Å². The lowest BCUT2D eigenvalue weighted by molar-refractivity contribution is 0.255. The molecule has 184 valence electrons. The molecule has 0 aliphatic carbocycles. The van der Waals surface area contributed by atoms with Gasteiger partial charge in [-0.25, -0.2) is 0 Å². The second kappa shape index (κ2) is 9.92. The van der Waals surface area contributed by atoms with Gasteiger partial charge >= 0.3 is 0 Å². The Hall–Kier alpha value is -4.41. The van der Waals surface area contributed by atoms with Crippen molar-refractivity contribution >= 4 is 27.5 Å². The van der Waals surface area contributed by atoms with Gasteiger partial charge in [-0.3, -0.25) is 19.2 Å². The summed E-state index contributed by atoms with van der Waals surface area (Å²) in [5.74, 6) is 0. The lowest BCUT2D eigenvalue weighted by Crippen LogP contribution is -2.46. The van der Waals surface area contributed by atoms with Gasteiger partial charge in [-0.15, -0.1) is 0 Å². The topological polar surface area (TPSA) is 81.0 Å². The molecule has 0 bridgehead atoms. The summed E-state index contributed by atoms with van der Waals surface area (Å²) in [6.45, 7) is 5.10. The molecular formula is C30H28N6O. The Bertz CT molecular complexity index is 1650. The van der Waals surface area contributed by atoms with Crippen molar-refractivity contribution in [2.45, 2.75) is 12.8 Å². The van der Waals surface area contributed by atoms with Gasteiger partial charge in [0.15, 0.2) is 0 Å². The van der Waals surface area contributed by atoms with E-state index in [4.69, 9.17) is 0 Å². The van der Waals surface area contributed by atoms with Crippen LogP contribution in [0.4, 0.5) is 5.69 Å². The maximum atomic E-state index is 12.9. The van der Waals surface area contributed by atoms with E-state index in [-0.39, 0.29) is 5.56 Å². The van der Waals surface area contributed by atoms with Gasteiger partial charge in [0.05, 0.1) is 22.5 Å². The minimum atomic E-state index is -0.0508. The third-order valence-electron chi connectivity index (χ3n) is 7.35. The maximum absolute atomic E-state index is 12.9. The molecule has 2 aromatic carbocycles. The van der Waals surface area contributed by atoms with Crippen LogP contribution in [0.25, 0.3) is 27.5 Å². The van der Waals surface area contributed by atoms with Crippen LogP contribution in [0.3, 0.4) is 0 Å². The Labute approximate surface area is 215 Å². The number of fused-ring (bicyclic) bond motifs is 2. The van der Waals surface area contributed by atoms with Gasteiger partial charge in [-0.05, 0) is 85.6 Å². The van der Waals surface area contributed by atoms with Crippen LogP contribution in [-0.4, -0.2) is 52.2 Å². The van der Waals surface area contributed by atoms with Crippen molar-refractivity contribution < 1.29 is 0 Å². The van der Waals surface area contributed by atoms with Crippen molar-refractivity contribution in [3.63, 3.8) is 0 Å². The molecule has 1 saturated heterocycles. The van der Waals surface area contributed by atoms with Gasteiger partial charge in [0, 0.05) is 67.0 Å². The van der Waals surface area contributed by atoms with Crippen LogP contribution in [0.15, 0.2) is 84.0 Å². The number of H-pyrrole nitrogens is 1. The third-order valence-corrected chi connectivity index (χ3v) is 7.35. The van der Waals surface area contributed by atoms with Crippen LogP contribution < -0.4 is 10.5 Å². The number of benzene rings is 2. The Morgan fingerprint density at radius 1 is 0.946 bits per heavy atom. The number of nitriles is 1. The van der Waals surface area contributed by atoms with Gasteiger partial charge in [-0.1, -0.05) is 0 Å². The summed E-state index contributed by atoms with van der Waals surface area (Å²) >= 11 is 0. The molecule has 3 aromatic heterocycles. The molecule has 7 nitrogen and oxygen atoms in total. The average Bonchev–Trinajstić information content (AvgIpc) is 3.36. The number of hydrogen-bond donors (Lipinski definition) is 1. The molecule has 7 heteroatoms. The normalized spacial score (nSPS) is 14.3. The molecule has 0 amide bonds. The Morgan fingerprint density at radius 2 is 1.76 bits per heavy atom. The van der Waals surface area contributed by atoms with Crippen molar-refractivity contribution in [3.05, 3.63) is 101 Å². The molecule has 5 aromatic rings. The predicted octanol–water partition coefficient (Wildman–Crippen LogP) is 4.49. The Balaban J connectivity index is 1.04. The zero-order valence-electron chi connectivity index (χ0n) is 20.6. The lowest BCUT2D eigenvalue weighted by Gasteiger charge is -2.36. The number of nitrogens with one attached hydrogen (secondary N) is 1. The first kappa shape index (κ1) is 23.0. The lowest BCUT2D eigenvalue weighted by atomic mass is 10.1. The highest BCUT2D eigenvalue weighted by atomic mass is 16.1. The summed E-state index contributed by atoms with van der Waals surface area (Å²) < 4.78 is 1.68. The van der Waals surface area contributed by atoms with Crippen LogP contribution in [-0.2, 0) is 6.42 Å². The summed E-state index contributed by atoms with van der Waals surface area (Å²) in [6, 6.07) is 21.8. The van der Waals surface area contributed by atoms with Crippen molar-refractivity contribution in [2.75, 3.05) is 37.6 Å². The first-order valence-corrected chi connectivity index (χ1v) is 12.7. The highest BCUT2D eigenvalue weighted by Gasteiger charge is 2.17. The number of aromatic amines is 1. The van der Waals surface area contributed by atoms with E-state index >= 15 is 0 Å². The molecule has 0 atom stereocenters. The standard InChI is InChI=1S/C30H28N6O/c31-20-22-5-10-28-27(19-22)23(21-33-28)3-2-13-34-15-17-35(18-16-34)24-6-8-25(9-7-24)36-14-11-29-26(30(36)37)4-1-12-32-29/h1,4-12,14,19,21,33H,2-3,13,15-18H2. The summed E-state index contributed by atoms with van der Waals surface area (Å²) in [4.78, 5) is 25.4. The average molecular weight is 489 g/mol. The quantitative estimate of drug-likeness (QED) is 0.381. The molecule has 4 heterocycles. The smallest absolute Gasteiger partial charge is 0.264 e. The number of aryl methyl sites for hydroxylation is 1. The highest BCUT2D eigenvalue weighted by Crippen LogP contribution is 2.22. The molecule has 0 spiro atoms. The van der Waals surface area contributed by atoms with Gasteiger partial charge in [0.1, 0.15) is 0 Å². The molecule has 0 radical (unpaired) electrons. The van der Waals surface area contributed by atoms with Gasteiger partial charge in [-0.2, -0.15) is 5.26 Å². The molecule has 1 aliphatic heterocycles. The monoisotopic (exact) mass is 488 g/mol. The predicted molar refractivity (Wildman–Crippen MR) is 147 cm³/mol. The first-order valence-electron chi connectivity index (χ1n) is 12.7. The fourth-order valence-electron chi connectivity index (χ4n) is 5.28. The van der Waals surface area contributed by atoms with E-state index in [0.717, 1.165) is 62.2 Å². The molecule has 1 fully saturated rings. The van der Waals surface area contributed by atoms with Gasteiger partial charge in [0.25, 0.3) is 5.56 Å². The van der Waals surface area contributed by atoms with Crippen LogP contribution >= 0.6 is 0 Å². The van der Waals surface area contributed by atoms with E-state index in [2.05, 4.69) is 44.2 Å². The van der Waals surface area contributed by atoms with Crippen LogP contribution in [0.2, 0.25) is 0 Å². The molecule has 6 rings (SSSR count). The summed E-state index contributed by atoms with van der Waals surface area (Å²) in [7, 11) is 0. The number of anilines is 1. The molecule has 37 heavy (non-hydrogen) atoms. The van der Waals surface area contributed by atoms with Crippen LogP contribution in [0.5, 0.6) is 0 Å². The molecule has 1 N–H and O–H groups in total. The SMILES string of the molecule is N#Cc1ccc2[nH]cc(CCCN3CCN(c4ccc(-n5ccc6ncccc6c5=O)cc4)CC3)c2c1. The molecule has 0 saturated carbocycles. The van der Waals surface area contributed by atoms with Crippen molar-refractivity contribution in [1.29, 1.82) is 5.26 Å². The summed E-state index contributed by atoms with van der Waals surface area (Å²) in [6.07, 6.45) is 7.67. The van der Waals surface area contributed by atoms with E-state index in [9.17, 15) is 10.1 Å². The number of rotatable bonds is 6. The zero-order chi connectivity index (χ0) is 25.2. The maximum Gasteiger partial charge on any atom is 0.264 e. The van der Waals surface area contributed by atoms with E-state index in [0.29, 0.717) is 16.5 Å². The Morgan fingerprint density at radius 3 is 2.57 bits per heavy atom. The van der Waals surface area contributed by atoms with E-state index in [1.54, 1.807) is 23.0 Å². The van der Waals surface area contributed by atoms with Gasteiger partial charge < -0.3 is 9.88 Å². The molecule has 1 aliphatic rings. The summed E-state index contributed by atoms with van der Waals surface area (Å²) in [5.41, 5.74) is 5.80. The second-order valence-corrected chi connectivity index (χ2v) is 9.56. The molecule has 0 unspecified atom stereocenters. The zero-order valence-corrected chi connectivity index (χ0v) is 20.6. The van der Waals surface area contributed by atoms with Crippen molar-refractivity contribution in [3.8, 4) is 11.8 Å².